The van der Waals surface area contributed by atoms with E-state index in [0.717, 1.165) is 29.8 Å². The number of fused-ring (bicyclic) bond motifs is 5. The van der Waals surface area contributed by atoms with E-state index >= 15 is 0 Å². The molecule has 0 bridgehead atoms. The van der Waals surface area contributed by atoms with E-state index in [-0.39, 0.29) is 31.2 Å². The number of amides is 4. The van der Waals surface area contributed by atoms with Gasteiger partial charge in [0.2, 0.25) is 27.7 Å². The number of hydrogen-bond acceptors (Lipinski definition) is 11. The summed E-state index contributed by atoms with van der Waals surface area (Å²) in [7, 11) is -1.90. The molecule has 3 aliphatic heterocycles. The number of hydrogen-bond donors (Lipinski definition) is 3. The molecule has 1 aromatic heterocycles. The number of sulfonamides is 1. The molecular weight excluding hydrogens is 729 g/mol. The molecule has 1 saturated heterocycles. The van der Waals surface area contributed by atoms with Crippen molar-refractivity contribution in [3.8, 4) is 11.6 Å². The maximum Gasteiger partial charge on any atom is 0.408 e. The third-order valence-electron chi connectivity index (χ3n) is 11.4. The Morgan fingerprint density at radius 1 is 1.09 bits per heavy atom. The molecular formula is C39H52N6O9S. The normalized spacial score (nSPS) is 30.4. The van der Waals surface area contributed by atoms with Gasteiger partial charge in [0.25, 0.3) is 5.91 Å². The van der Waals surface area contributed by atoms with E-state index in [1.807, 2.05) is 44.3 Å². The summed E-state index contributed by atoms with van der Waals surface area (Å²) in [5.41, 5.74) is -0.566. The Kier molecular flexibility index (Phi) is 10.7. The maximum absolute atomic E-state index is 14.7. The highest BCUT2D eigenvalue weighted by Crippen LogP contribution is 2.46. The zero-order chi connectivity index (χ0) is 39.2. The van der Waals surface area contributed by atoms with E-state index in [0.29, 0.717) is 43.6 Å². The van der Waals surface area contributed by atoms with Crippen LogP contribution in [0.25, 0.3) is 10.8 Å². The largest absolute Gasteiger partial charge is 0.489 e. The summed E-state index contributed by atoms with van der Waals surface area (Å²) in [5, 5.41) is 6.58. The van der Waals surface area contributed by atoms with E-state index in [4.69, 9.17) is 14.2 Å². The van der Waals surface area contributed by atoms with Crippen LogP contribution in [-0.4, -0.2) is 104 Å². The molecule has 2 aliphatic carbocycles. The lowest BCUT2D eigenvalue weighted by atomic mass is 9.88. The number of alkyl carbamates (subject to hydrolysis) is 1. The Morgan fingerprint density at radius 3 is 2.62 bits per heavy atom. The van der Waals surface area contributed by atoms with Gasteiger partial charge in [-0.3, -0.25) is 19.1 Å². The number of anilines is 1. The van der Waals surface area contributed by atoms with E-state index < -0.39 is 74.8 Å². The molecule has 16 heteroatoms. The molecule has 2 saturated carbocycles. The van der Waals surface area contributed by atoms with Crippen molar-refractivity contribution in [2.75, 3.05) is 31.6 Å². The van der Waals surface area contributed by atoms with E-state index in [2.05, 4.69) is 32.2 Å². The fourth-order valence-electron chi connectivity index (χ4n) is 8.17. The summed E-state index contributed by atoms with van der Waals surface area (Å²) >= 11 is 0. The Morgan fingerprint density at radius 2 is 1.87 bits per heavy atom. The lowest BCUT2D eigenvalue weighted by Crippen LogP contribution is -2.59. The van der Waals surface area contributed by atoms with Crippen LogP contribution in [0.2, 0.25) is 0 Å². The minimum Gasteiger partial charge on any atom is -0.489 e. The highest BCUT2D eigenvalue weighted by Gasteiger charge is 2.62. The first-order valence-electron chi connectivity index (χ1n) is 19.4. The van der Waals surface area contributed by atoms with Crippen molar-refractivity contribution in [2.45, 2.75) is 108 Å². The number of allylic oxidation sites excluding steroid dienone is 1. The highest BCUT2D eigenvalue weighted by molar-refractivity contribution is 7.91. The fraction of sp³-hybridized carbons (Fsp3) is 0.615. The predicted molar refractivity (Wildman–Crippen MR) is 204 cm³/mol. The van der Waals surface area contributed by atoms with E-state index in [9.17, 15) is 27.6 Å². The van der Waals surface area contributed by atoms with Crippen molar-refractivity contribution in [3.05, 3.63) is 36.5 Å². The van der Waals surface area contributed by atoms with Crippen LogP contribution in [0, 0.1) is 17.8 Å². The number of nitrogens with one attached hydrogen (secondary N) is 3. The Balaban J connectivity index is 1.22. The molecule has 4 heterocycles. The molecule has 15 nitrogen and oxygen atoms in total. The molecule has 4 amide bonds. The lowest BCUT2D eigenvalue weighted by molar-refractivity contribution is -0.142. The fourth-order valence-corrected chi connectivity index (χ4v) is 9.53. The van der Waals surface area contributed by atoms with Crippen molar-refractivity contribution < 1.29 is 41.8 Å². The molecule has 7 rings (SSSR count). The number of carbonyl (C=O) groups excluding carboxylic acids is 4. The van der Waals surface area contributed by atoms with Gasteiger partial charge in [-0.25, -0.2) is 18.2 Å². The molecule has 298 valence electrons. The summed E-state index contributed by atoms with van der Waals surface area (Å²) < 4.78 is 46.0. The summed E-state index contributed by atoms with van der Waals surface area (Å²) in [6.07, 6.45) is 6.86. The van der Waals surface area contributed by atoms with Crippen LogP contribution in [0.5, 0.6) is 11.6 Å². The molecule has 0 spiro atoms. The molecule has 5 aliphatic rings. The zero-order valence-corrected chi connectivity index (χ0v) is 32.9. The summed E-state index contributed by atoms with van der Waals surface area (Å²) in [4.78, 5) is 64.1. The zero-order valence-electron chi connectivity index (χ0n) is 32.1. The first-order chi connectivity index (χ1) is 26.2. The van der Waals surface area contributed by atoms with E-state index in [1.165, 1.54) is 4.90 Å². The van der Waals surface area contributed by atoms with Crippen molar-refractivity contribution in [2.24, 2.45) is 17.8 Å². The first kappa shape index (κ1) is 38.7. The molecule has 3 fully saturated rings. The van der Waals surface area contributed by atoms with Crippen LogP contribution in [-0.2, 0) is 29.1 Å². The Bertz CT molecular complexity index is 1990. The monoisotopic (exact) mass is 780 g/mol. The first-order valence-corrected chi connectivity index (χ1v) is 21.0. The van der Waals surface area contributed by atoms with Crippen molar-refractivity contribution in [1.82, 2.24) is 25.2 Å². The minimum absolute atomic E-state index is 0.0164. The summed E-state index contributed by atoms with van der Waals surface area (Å²) in [5.74, 6) is -1.47. The second-order valence-electron chi connectivity index (χ2n) is 16.2. The number of nitrogens with zero attached hydrogens (tertiary/aromatic N) is 3. The van der Waals surface area contributed by atoms with Crippen LogP contribution < -0.4 is 29.7 Å². The molecule has 3 N–H and O–H groups in total. The van der Waals surface area contributed by atoms with Crippen LogP contribution >= 0.6 is 0 Å². The van der Waals surface area contributed by atoms with Gasteiger partial charge in [0.05, 0.1) is 30.1 Å². The number of ether oxygens (including phenoxy) is 3. The topological polar surface area (TPSA) is 186 Å². The van der Waals surface area contributed by atoms with Crippen molar-refractivity contribution in [1.29, 1.82) is 0 Å². The number of rotatable bonds is 7. The number of pyridine rings is 1. The van der Waals surface area contributed by atoms with Crippen LogP contribution in [0.3, 0.4) is 0 Å². The van der Waals surface area contributed by atoms with Crippen LogP contribution in [0.4, 0.5) is 10.5 Å². The highest BCUT2D eigenvalue weighted by atomic mass is 32.2. The molecule has 0 unspecified atom stereocenters. The SMILES string of the molecule is CC(C)OC(=O)N[C@@H]1C(=O)N2C[C@H](Oc3nccc4c5c(ccc34)N(C)CCO5)C[C@H]2C(=O)N[C@]2(C(=O)NS(=O)(=O)C3CC3)C[C@H]2/C=C\CC[C@H](C)C[C@H]1C. The quantitative estimate of drug-likeness (QED) is 0.350. The third kappa shape index (κ3) is 8.05. The van der Waals surface area contributed by atoms with Crippen molar-refractivity contribution >= 4 is 50.3 Å². The maximum atomic E-state index is 14.7. The molecule has 1 aromatic carbocycles. The van der Waals surface area contributed by atoms with Gasteiger partial charge in [0.15, 0.2) is 5.75 Å². The van der Waals surface area contributed by atoms with Crippen LogP contribution in [0.1, 0.15) is 72.6 Å². The van der Waals surface area contributed by atoms with Gasteiger partial charge in [0, 0.05) is 36.4 Å². The van der Waals surface area contributed by atoms with Crippen LogP contribution in [0.15, 0.2) is 36.5 Å². The lowest BCUT2D eigenvalue weighted by Gasteiger charge is -2.33. The molecule has 0 radical (unpaired) electrons. The van der Waals surface area contributed by atoms with Gasteiger partial charge in [-0.05, 0) is 82.4 Å². The Labute approximate surface area is 321 Å². The number of benzene rings is 1. The second kappa shape index (κ2) is 15.1. The average Bonchev–Trinajstić information content (AvgIpc) is 4.05. The van der Waals surface area contributed by atoms with Gasteiger partial charge in [-0.2, -0.15) is 0 Å². The molecule has 2 aromatic rings. The van der Waals surface area contributed by atoms with Gasteiger partial charge < -0.3 is 34.6 Å². The number of likely N-dealkylation sites (N-methyl/N-ethyl adjacent to an activating group) is 1. The van der Waals surface area contributed by atoms with Crippen molar-refractivity contribution in [3.63, 3.8) is 0 Å². The van der Waals surface area contributed by atoms with Gasteiger partial charge in [-0.15, -0.1) is 0 Å². The predicted octanol–water partition coefficient (Wildman–Crippen LogP) is 3.41. The van der Waals surface area contributed by atoms with Gasteiger partial charge in [-0.1, -0.05) is 26.0 Å². The minimum atomic E-state index is -3.90. The number of aromatic nitrogens is 1. The molecule has 55 heavy (non-hydrogen) atoms. The van der Waals surface area contributed by atoms with Gasteiger partial charge in [0.1, 0.15) is 30.3 Å². The standard InChI is InChI=1S/C39H52N6O9S/c1-22(2)53-38(49)41-32-24(4)18-23(3)8-6-7-9-25-20-39(25,37(48)43-55(50,51)27-10-11-27)42-34(46)31-19-26(21-45(31)36(32)47)54-35-29-12-13-30-33(28(29)14-15-40-35)52-17-16-44(30)5/h7,9,12-15,22-27,31-32H,6,8,10-11,16-21H2,1-5H3,(H,41,49)(H,42,46)(H,43,48)/b9-7-/t23-,24+,25+,26+,31-,32-,39+/m0/s1. The number of carbonyl (C=O) groups is 4. The smallest absolute Gasteiger partial charge is 0.408 e. The van der Waals surface area contributed by atoms with E-state index in [1.54, 1.807) is 20.0 Å². The Hall–Kier alpha value is -4.60. The second-order valence-corrected chi connectivity index (χ2v) is 18.2. The summed E-state index contributed by atoms with van der Waals surface area (Å²) in [6.45, 7) is 8.67. The third-order valence-corrected chi connectivity index (χ3v) is 13.3. The average molecular weight is 781 g/mol. The summed E-state index contributed by atoms with van der Waals surface area (Å²) in [6, 6.07) is 3.57. The molecule has 7 atom stereocenters. The van der Waals surface area contributed by atoms with Gasteiger partial charge >= 0.3 is 6.09 Å².